The molecule has 152 valence electrons. The average molecular weight is 392 g/mol. The average Bonchev–Trinajstić information content (AvgIpc) is 3.07. The predicted molar refractivity (Wildman–Crippen MR) is 118 cm³/mol. The number of hydrogen-bond donors (Lipinski definition) is 3. The molecule has 29 heavy (non-hydrogen) atoms. The summed E-state index contributed by atoms with van der Waals surface area (Å²) in [5.41, 5.74) is 4.96. The molecule has 2 aromatic carbocycles. The van der Waals surface area contributed by atoms with Crippen LogP contribution in [0.2, 0.25) is 0 Å². The number of para-hydroxylation sites is 1. The molecule has 0 unspecified atom stereocenters. The number of benzene rings is 2. The van der Waals surface area contributed by atoms with Crippen molar-refractivity contribution in [1.29, 1.82) is 0 Å². The van der Waals surface area contributed by atoms with Gasteiger partial charge in [0.15, 0.2) is 0 Å². The highest BCUT2D eigenvalue weighted by atomic mass is 16.2. The van der Waals surface area contributed by atoms with Crippen LogP contribution in [0.5, 0.6) is 0 Å². The fourth-order valence-electron chi connectivity index (χ4n) is 3.62. The first-order valence-corrected chi connectivity index (χ1v) is 9.92. The van der Waals surface area contributed by atoms with Crippen molar-refractivity contribution in [2.75, 3.05) is 11.9 Å². The van der Waals surface area contributed by atoms with Gasteiger partial charge in [-0.05, 0) is 63.8 Å². The van der Waals surface area contributed by atoms with E-state index in [4.69, 9.17) is 0 Å². The number of aromatic amines is 1. The highest BCUT2D eigenvalue weighted by Gasteiger charge is 2.36. The normalized spacial score (nSPS) is 11.5. The van der Waals surface area contributed by atoms with E-state index in [0.717, 1.165) is 38.8 Å². The number of amides is 2. The van der Waals surface area contributed by atoms with Crippen molar-refractivity contribution in [1.82, 2.24) is 10.3 Å². The van der Waals surface area contributed by atoms with Crippen molar-refractivity contribution < 1.29 is 9.59 Å². The van der Waals surface area contributed by atoms with Crippen molar-refractivity contribution in [2.45, 2.75) is 41.0 Å². The molecule has 3 N–H and O–H groups in total. The van der Waals surface area contributed by atoms with Crippen molar-refractivity contribution in [3.05, 3.63) is 64.8 Å². The zero-order chi connectivity index (χ0) is 21.2. The lowest BCUT2D eigenvalue weighted by Crippen LogP contribution is -2.45. The molecule has 0 saturated heterocycles. The van der Waals surface area contributed by atoms with Gasteiger partial charge in [-0.2, -0.15) is 0 Å². The predicted octanol–water partition coefficient (Wildman–Crippen LogP) is 4.42. The molecule has 0 aliphatic rings. The van der Waals surface area contributed by atoms with Crippen LogP contribution in [0.1, 0.15) is 36.1 Å². The van der Waals surface area contributed by atoms with Gasteiger partial charge in [-0.15, -0.1) is 0 Å². The molecule has 0 bridgehead atoms. The minimum absolute atomic E-state index is 0.280. The summed E-state index contributed by atoms with van der Waals surface area (Å²) < 4.78 is 0. The Balaban J connectivity index is 1.62. The first-order valence-electron chi connectivity index (χ1n) is 9.92. The number of fused-ring (bicyclic) bond motifs is 1. The number of hydrogen-bond acceptors (Lipinski definition) is 2. The molecule has 0 aliphatic carbocycles. The number of aryl methyl sites for hydroxylation is 3. The fraction of sp³-hybridized carbons (Fsp3) is 0.333. The van der Waals surface area contributed by atoms with Gasteiger partial charge in [0.1, 0.15) is 5.41 Å². The van der Waals surface area contributed by atoms with Crippen molar-refractivity contribution >= 4 is 28.4 Å². The van der Waals surface area contributed by atoms with Gasteiger partial charge >= 0.3 is 0 Å². The number of carbonyl (C=O) groups is 2. The molecule has 1 heterocycles. The maximum Gasteiger partial charge on any atom is 0.239 e. The molecule has 0 aliphatic heterocycles. The van der Waals surface area contributed by atoms with E-state index in [2.05, 4.69) is 21.7 Å². The maximum atomic E-state index is 12.9. The topological polar surface area (TPSA) is 74.0 Å². The third kappa shape index (κ3) is 4.34. The lowest BCUT2D eigenvalue weighted by Gasteiger charge is -2.24. The number of aromatic nitrogens is 1. The van der Waals surface area contributed by atoms with E-state index in [0.29, 0.717) is 13.0 Å². The van der Waals surface area contributed by atoms with Crippen molar-refractivity contribution in [2.24, 2.45) is 5.41 Å². The Labute approximate surface area is 171 Å². The molecule has 0 atom stereocenters. The number of H-pyrrole nitrogens is 1. The summed E-state index contributed by atoms with van der Waals surface area (Å²) in [7, 11) is 0. The molecule has 0 radical (unpaired) electrons. The van der Waals surface area contributed by atoms with E-state index >= 15 is 0 Å². The fourth-order valence-corrected chi connectivity index (χ4v) is 3.62. The van der Waals surface area contributed by atoms with E-state index in [1.165, 1.54) is 0 Å². The SMILES string of the molecule is Cc1cc(C)c(NC(=O)C(C)(C)C(=O)NCCc2c[nH]c3ccccc23)c(C)c1. The van der Waals surface area contributed by atoms with Crippen LogP contribution in [0.3, 0.4) is 0 Å². The lowest BCUT2D eigenvalue weighted by atomic mass is 9.90. The van der Waals surface area contributed by atoms with Crippen molar-refractivity contribution in [3.63, 3.8) is 0 Å². The summed E-state index contributed by atoms with van der Waals surface area (Å²) in [5, 5.41) is 7.02. The number of rotatable bonds is 6. The third-order valence-electron chi connectivity index (χ3n) is 5.41. The summed E-state index contributed by atoms with van der Waals surface area (Å²) in [4.78, 5) is 28.8. The van der Waals surface area contributed by atoms with E-state index in [-0.39, 0.29) is 11.8 Å². The molecular formula is C24H29N3O2. The Kier molecular flexibility index (Phi) is 5.78. The highest BCUT2D eigenvalue weighted by Crippen LogP contribution is 2.25. The number of nitrogens with one attached hydrogen (secondary N) is 3. The quantitative estimate of drug-likeness (QED) is 0.544. The van der Waals surface area contributed by atoms with Crippen LogP contribution in [-0.2, 0) is 16.0 Å². The summed E-state index contributed by atoms with van der Waals surface area (Å²) in [6, 6.07) is 12.1. The molecule has 2 amide bonds. The van der Waals surface area contributed by atoms with Gasteiger partial charge in [-0.25, -0.2) is 0 Å². The van der Waals surface area contributed by atoms with Crippen LogP contribution in [0.15, 0.2) is 42.6 Å². The van der Waals surface area contributed by atoms with Crippen molar-refractivity contribution in [3.8, 4) is 0 Å². The zero-order valence-corrected chi connectivity index (χ0v) is 17.8. The van der Waals surface area contributed by atoms with Gasteiger partial charge in [0.05, 0.1) is 0 Å². The molecule has 3 rings (SSSR count). The Bertz CT molecular complexity index is 1040. The van der Waals surface area contributed by atoms with Gasteiger partial charge in [-0.3, -0.25) is 9.59 Å². The smallest absolute Gasteiger partial charge is 0.239 e. The van der Waals surface area contributed by atoms with Gasteiger partial charge in [-0.1, -0.05) is 35.9 Å². The van der Waals surface area contributed by atoms with Gasteiger partial charge < -0.3 is 15.6 Å². The molecule has 5 nitrogen and oxygen atoms in total. The minimum Gasteiger partial charge on any atom is -0.361 e. The first-order chi connectivity index (χ1) is 13.7. The third-order valence-corrected chi connectivity index (χ3v) is 5.41. The van der Waals surface area contributed by atoms with Gasteiger partial charge in [0, 0.05) is 29.3 Å². The molecule has 1 aromatic heterocycles. The monoisotopic (exact) mass is 391 g/mol. The van der Waals surface area contributed by atoms with Crippen LogP contribution in [0.4, 0.5) is 5.69 Å². The highest BCUT2D eigenvalue weighted by molar-refractivity contribution is 6.10. The lowest BCUT2D eigenvalue weighted by molar-refractivity contribution is -0.138. The second-order valence-electron chi connectivity index (χ2n) is 8.22. The molecular weight excluding hydrogens is 362 g/mol. The Morgan fingerprint density at radius 1 is 1.00 bits per heavy atom. The van der Waals surface area contributed by atoms with Crippen LogP contribution >= 0.6 is 0 Å². The Morgan fingerprint density at radius 3 is 2.34 bits per heavy atom. The molecule has 5 heteroatoms. The largest absolute Gasteiger partial charge is 0.361 e. The van der Waals surface area contributed by atoms with E-state index in [9.17, 15) is 9.59 Å². The first kappa shape index (κ1) is 20.6. The van der Waals surface area contributed by atoms with E-state index in [1.54, 1.807) is 13.8 Å². The molecule has 0 spiro atoms. The van der Waals surface area contributed by atoms with Crippen LogP contribution < -0.4 is 10.6 Å². The standard InChI is InChI=1S/C24H29N3O2/c1-15-12-16(2)21(17(3)13-15)27-23(29)24(4,5)22(28)25-11-10-18-14-26-20-9-7-6-8-19(18)20/h6-9,12-14,26H,10-11H2,1-5H3,(H,25,28)(H,27,29). The van der Waals surface area contributed by atoms with Gasteiger partial charge in [0.25, 0.3) is 0 Å². The summed E-state index contributed by atoms with van der Waals surface area (Å²) in [6.45, 7) is 9.73. The second-order valence-corrected chi connectivity index (χ2v) is 8.22. The zero-order valence-electron chi connectivity index (χ0n) is 17.8. The molecule has 0 saturated carbocycles. The summed E-state index contributed by atoms with van der Waals surface area (Å²) in [6.07, 6.45) is 2.67. The molecule has 3 aromatic rings. The number of carbonyl (C=O) groups excluding carboxylic acids is 2. The maximum absolute atomic E-state index is 12.9. The Morgan fingerprint density at radius 2 is 1.66 bits per heavy atom. The van der Waals surface area contributed by atoms with E-state index in [1.807, 2.05) is 57.3 Å². The van der Waals surface area contributed by atoms with Gasteiger partial charge in [0.2, 0.25) is 11.8 Å². The minimum atomic E-state index is -1.18. The van der Waals surface area contributed by atoms with E-state index < -0.39 is 5.41 Å². The van der Waals surface area contributed by atoms with Crippen LogP contribution in [-0.4, -0.2) is 23.3 Å². The number of anilines is 1. The van der Waals surface area contributed by atoms with Crippen LogP contribution in [0, 0.1) is 26.2 Å². The summed E-state index contributed by atoms with van der Waals surface area (Å²) >= 11 is 0. The summed E-state index contributed by atoms with van der Waals surface area (Å²) in [5.74, 6) is -0.589. The van der Waals surface area contributed by atoms with Crippen LogP contribution in [0.25, 0.3) is 10.9 Å². The molecule has 0 fully saturated rings. The Hall–Kier alpha value is -3.08. The second kappa shape index (κ2) is 8.11.